The fraction of sp³-hybridized carbons (Fsp3) is 0.533. The zero-order valence-electron chi connectivity index (χ0n) is 12.0. The van der Waals surface area contributed by atoms with Gasteiger partial charge in [0.15, 0.2) is 0 Å². The van der Waals surface area contributed by atoms with E-state index in [0.717, 1.165) is 30.6 Å². The first-order chi connectivity index (χ1) is 8.67. The summed E-state index contributed by atoms with van der Waals surface area (Å²) >= 11 is 0. The van der Waals surface area contributed by atoms with Gasteiger partial charge in [0.2, 0.25) is 0 Å². The Hall–Kier alpha value is -1.35. The summed E-state index contributed by atoms with van der Waals surface area (Å²) in [7, 11) is 3.18. The standard InChI is InChI=1S/C14H20O2.CH5N/c1-4-5-12-7-9-13(8-6-11(2)15)14(10-12)16-3;1-2/h7,9-10H,4-6,8H2,1-3H3;2H2,1H3. The van der Waals surface area contributed by atoms with Crippen LogP contribution in [-0.2, 0) is 17.6 Å². The van der Waals surface area contributed by atoms with Gasteiger partial charge in [0, 0.05) is 6.42 Å². The summed E-state index contributed by atoms with van der Waals surface area (Å²) in [6.45, 7) is 3.79. The number of hydrogen-bond donors (Lipinski definition) is 1. The number of aryl methyl sites for hydroxylation is 2. The molecule has 0 heterocycles. The van der Waals surface area contributed by atoms with Crippen LogP contribution in [0.4, 0.5) is 0 Å². The number of Topliss-reactive ketones (excluding diaryl/α,β-unsaturated/α-hetero) is 1. The molecular formula is C15H25NO2. The second-order valence-electron chi connectivity index (χ2n) is 4.10. The van der Waals surface area contributed by atoms with Crippen molar-refractivity contribution in [1.29, 1.82) is 0 Å². The number of benzene rings is 1. The summed E-state index contributed by atoms with van der Waals surface area (Å²) in [4.78, 5) is 10.9. The van der Waals surface area contributed by atoms with Gasteiger partial charge in [0.25, 0.3) is 0 Å². The molecule has 0 aliphatic heterocycles. The summed E-state index contributed by atoms with van der Waals surface area (Å²) < 4.78 is 5.35. The van der Waals surface area contributed by atoms with Crippen LogP contribution < -0.4 is 10.5 Å². The molecule has 0 aromatic heterocycles. The Labute approximate surface area is 110 Å². The Kier molecular flexibility index (Phi) is 8.93. The van der Waals surface area contributed by atoms with Crippen LogP contribution >= 0.6 is 0 Å². The van der Waals surface area contributed by atoms with E-state index >= 15 is 0 Å². The quantitative estimate of drug-likeness (QED) is 0.845. The number of rotatable bonds is 6. The molecule has 18 heavy (non-hydrogen) atoms. The third kappa shape index (κ3) is 5.82. The molecule has 0 saturated carbocycles. The largest absolute Gasteiger partial charge is 0.496 e. The molecule has 0 aliphatic carbocycles. The van der Waals surface area contributed by atoms with Crippen LogP contribution in [0.2, 0.25) is 0 Å². The minimum atomic E-state index is 0.222. The van der Waals surface area contributed by atoms with Crippen molar-refractivity contribution in [2.24, 2.45) is 5.73 Å². The van der Waals surface area contributed by atoms with E-state index in [9.17, 15) is 4.79 Å². The second kappa shape index (κ2) is 9.66. The normalized spacial score (nSPS) is 9.39. The number of hydrogen-bond acceptors (Lipinski definition) is 3. The molecule has 0 aliphatic rings. The zero-order valence-corrected chi connectivity index (χ0v) is 12.0. The Morgan fingerprint density at radius 1 is 1.28 bits per heavy atom. The van der Waals surface area contributed by atoms with Gasteiger partial charge in [0.05, 0.1) is 7.11 Å². The lowest BCUT2D eigenvalue weighted by molar-refractivity contribution is -0.116. The molecule has 2 N–H and O–H groups in total. The molecule has 3 nitrogen and oxygen atoms in total. The molecule has 1 rings (SSSR count). The fourth-order valence-corrected chi connectivity index (χ4v) is 1.75. The van der Waals surface area contributed by atoms with Crippen molar-refractivity contribution in [1.82, 2.24) is 0 Å². The Morgan fingerprint density at radius 2 is 1.94 bits per heavy atom. The van der Waals surface area contributed by atoms with Crippen LogP contribution in [0.25, 0.3) is 0 Å². The van der Waals surface area contributed by atoms with E-state index in [2.05, 4.69) is 30.9 Å². The molecule has 1 aromatic carbocycles. The maximum atomic E-state index is 10.9. The van der Waals surface area contributed by atoms with Crippen molar-refractivity contribution < 1.29 is 9.53 Å². The number of ether oxygens (including phenoxy) is 1. The van der Waals surface area contributed by atoms with Crippen molar-refractivity contribution in [2.45, 2.75) is 39.5 Å². The van der Waals surface area contributed by atoms with E-state index in [1.807, 2.05) is 0 Å². The summed E-state index contributed by atoms with van der Waals surface area (Å²) in [5.74, 6) is 1.13. The molecular weight excluding hydrogens is 226 g/mol. The molecule has 102 valence electrons. The SMILES string of the molecule is CCCc1ccc(CCC(C)=O)c(OC)c1.CN. The lowest BCUT2D eigenvalue weighted by Gasteiger charge is -2.09. The highest BCUT2D eigenvalue weighted by atomic mass is 16.5. The maximum absolute atomic E-state index is 10.9. The topological polar surface area (TPSA) is 52.3 Å². The lowest BCUT2D eigenvalue weighted by Crippen LogP contribution is -1.98. The molecule has 0 saturated heterocycles. The predicted molar refractivity (Wildman–Crippen MR) is 76.1 cm³/mol. The van der Waals surface area contributed by atoms with E-state index in [0.29, 0.717) is 6.42 Å². The predicted octanol–water partition coefficient (Wildman–Crippen LogP) is 2.74. The third-order valence-corrected chi connectivity index (χ3v) is 2.64. The highest BCUT2D eigenvalue weighted by Crippen LogP contribution is 2.22. The average molecular weight is 251 g/mol. The Balaban J connectivity index is 0.00000137. The van der Waals surface area contributed by atoms with Crippen molar-refractivity contribution in [3.63, 3.8) is 0 Å². The van der Waals surface area contributed by atoms with E-state index < -0.39 is 0 Å². The molecule has 3 heteroatoms. The van der Waals surface area contributed by atoms with Gasteiger partial charge in [-0.25, -0.2) is 0 Å². The molecule has 0 unspecified atom stereocenters. The van der Waals surface area contributed by atoms with Gasteiger partial charge >= 0.3 is 0 Å². The Morgan fingerprint density at radius 3 is 2.44 bits per heavy atom. The van der Waals surface area contributed by atoms with Crippen LogP contribution in [-0.4, -0.2) is 19.9 Å². The lowest BCUT2D eigenvalue weighted by atomic mass is 10.0. The van der Waals surface area contributed by atoms with Gasteiger partial charge in [0.1, 0.15) is 11.5 Å². The summed E-state index contributed by atoms with van der Waals surface area (Å²) in [5, 5.41) is 0. The third-order valence-electron chi connectivity index (χ3n) is 2.64. The number of carbonyl (C=O) groups is 1. The van der Waals surface area contributed by atoms with Gasteiger partial charge in [-0.05, 0) is 44.0 Å². The number of methoxy groups -OCH3 is 1. The minimum absolute atomic E-state index is 0.222. The smallest absolute Gasteiger partial charge is 0.130 e. The van der Waals surface area contributed by atoms with E-state index in [1.54, 1.807) is 14.0 Å². The molecule has 1 aromatic rings. The highest BCUT2D eigenvalue weighted by Gasteiger charge is 2.05. The van der Waals surface area contributed by atoms with E-state index in [-0.39, 0.29) is 5.78 Å². The van der Waals surface area contributed by atoms with Crippen LogP contribution in [0.1, 0.15) is 37.8 Å². The highest BCUT2D eigenvalue weighted by molar-refractivity contribution is 5.75. The molecule has 0 fully saturated rings. The second-order valence-corrected chi connectivity index (χ2v) is 4.10. The molecule has 0 bridgehead atoms. The van der Waals surface area contributed by atoms with Crippen LogP contribution in [0.3, 0.4) is 0 Å². The first-order valence-electron chi connectivity index (χ1n) is 6.40. The van der Waals surface area contributed by atoms with Crippen LogP contribution in [0.5, 0.6) is 5.75 Å². The summed E-state index contributed by atoms with van der Waals surface area (Å²) in [6.07, 6.45) is 3.56. The molecule has 0 radical (unpaired) electrons. The van der Waals surface area contributed by atoms with E-state index in [1.165, 1.54) is 12.6 Å². The maximum Gasteiger partial charge on any atom is 0.130 e. The van der Waals surface area contributed by atoms with Crippen molar-refractivity contribution in [2.75, 3.05) is 14.2 Å². The summed E-state index contributed by atoms with van der Waals surface area (Å²) in [5.41, 5.74) is 6.92. The molecule has 0 spiro atoms. The number of ketones is 1. The Bertz CT molecular complexity index is 362. The zero-order chi connectivity index (χ0) is 14.0. The molecule has 0 atom stereocenters. The van der Waals surface area contributed by atoms with Crippen LogP contribution in [0, 0.1) is 0 Å². The first kappa shape index (κ1) is 16.6. The van der Waals surface area contributed by atoms with Gasteiger partial charge in [-0.3, -0.25) is 0 Å². The van der Waals surface area contributed by atoms with Crippen molar-refractivity contribution >= 4 is 5.78 Å². The summed E-state index contributed by atoms with van der Waals surface area (Å²) in [6, 6.07) is 6.28. The monoisotopic (exact) mass is 251 g/mol. The van der Waals surface area contributed by atoms with Crippen LogP contribution in [0.15, 0.2) is 18.2 Å². The van der Waals surface area contributed by atoms with Gasteiger partial charge in [-0.15, -0.1) is 0 Å². The molecule has 0 amide bonds. The van der Waals surface area contributed by atoms with Crippen molar-refractivity contribution in [3.8, 4) is 5.75 Å². The minimum Gasteiger partial charge on any atom is -0.496 e. The first-order valence-corrected chi connectivity index (χ1v) is 6.40. The van der Waals surface area contributed by atoms with Crippen molar-refractivity contribution in [3.05, 3.63) is 29.3 Å². The number of carbonyl (C=O) groups excluding carboxylic acids is 1. The van der Waals surface area contributed by atoms with E-state index in [4.69, 9.17) is 4.74 Å². The number of nitrogens with two attached hydrogens (primary N) is 1. The van der Waals surface area contributed by atoms with Gasteiger partial charge in [-0.1, -0.05) is 25.5 Å². The van der Waals surface area contributed by atoms with Gasteiger partial charge in [-0.2, -0.15) is 0 Å². The average Bonchev–Trinajstić information content (AvgIpc) is 2.39. The fourth-order valence-electron chi connectivity index (χ4n) is 1.75. The van der Waals surface area contributed by atoms with Gasteiger partial charge < -0.3 is 15.3 Å².